The Morgan fingerprint density at radius 2 is 0.712 bits per heavy atom. The highest BCUT2D eigenvalue weighted by atomic mass is 16.5. The first-order valence-corrected chi connectivity index (χ1v) is 29.9. The number of carbonyl (C=O) groups is 2. The summed E-state index contributed by atoms with van der Waals surface area (Å²) in [6.07, 6.45) is 66.4. The van der Waals surface area contributed by atoms with Crippen molar-refractivity contribution in [1.29, 1.82) is 0 Å². The Morgan fingerprint density at radius 3 is 1.11 bits per heavy atom. The van der Waals surface area contributed by atoms with Gasteiger partial charge in [0.15, 0.2) is 0 Å². The Bertz CT molecular complexity index is 986. The minimum atomic E-state index is -0.663. The van der Waals surface area contributed by atoms with Crippen molar-refractivity contribution >= 4 is 11.9 Å². The van der Waals surface area contributed by atoms with Crippen molar-refractivity contribution in [2.24, 2.45) is 0 Å². The molecule has 0 saturated carbocycles. The topological polar surface area (TPSA) is 95.9 Å². The standard InChI is InChI=1S/C60H117NO5/c1-3-5-7-9-11-13-15-17-26-29-32-36-40-44-48-52-58(63)57(56-62)61-59(64)53-49-45-41-37-33-30-27-24-22-20-18-19-21-23-25-28-31-35-39-43-47-51-55-66-60(65)54-50-46-42-38-34-16-14-12-10-8-6-4-2/h12,14,57-58,62-63H,3-11,13,15-56H2,1-2H3,(H,61,64)/b14-12-. The zero-order chi connectivity index (χ0) is 47.9. The highest BCUT2D eigenvalue weighted by Crippen LogP contribution is 2.18. The summed E-state index contributed by atoms with van der Waals surface area (Å²) in [5.41, 5.74) is 0. The van der Waals surface area contributed by atoms with Crippen LogP contribution in [0.4, 0.5) is 0 Å². The first-order chi connectivity index (χ1) is 32.5. The third kappa shape index (κ3) is 52.0. The van der Waals surface area contributed by atoms with E-state index in [0.717, 1.165) is 44.9 Å². The van der Waals surface area contributed by atoms with Gasteiger partial charge in [0.2, 0.25) is 5.91 Å². The van der Waals surface area contributed by atoms with E-state index >= 15 is 0 Å². The van der Waals surface area contributed by atoms with Crippen LogP contribution in [0.1, 0.15) is 335 Å². The molecule has 0 aliphatic carbocycles. The summed E-state index contributed by atoms with van der Waals surface area (Å²) in [7, 11) is 0. The number of aliphatic hydroxyl groups is 2. The number of carbonyl (C=O) groups excluding carboxylic acids is 2. The number of allylic oxidation sites excluding steroid dienone is 2. The number of hydrogen-bond acceptors (Lipinski definition) is 5. The van der Waals surface area contributed by atoms with Crippen molar-refractivity contribution in [2.45, 2.75) is 347 Å². The fourth-order valence-corrected chi connectivity index (χ4v) is 9.46. The minimum absolute atomic E-state index is 0.00368. The van der Waals surface area contributed by atoms with Gasteiger partial charge in [-0.15, -0.1) is 0 Å². The molecule has 392 valence electrons. The van der Waals surface area contributed by atoms with Crippen LogP contribution in [0.2, 0.25) is 0 Å². The third-order valence-corrected chi connectivity index (χ3v) is 14.1. The maximum absolute atomic E-state index is 12.5. The summed E-state index contributed by atoms with van der Waals surface area (Å²) >= 11 is 0. The van der Waals surface area contributed by atoms with Crippen LogP contribution in [0, 0.1) is 0 Å². The van der Waals surface area contributed by atoms with E-state index in [1.807, 2.05) is 0 Å². The van der Waals surface area contributed by atoms with Crippen LogP contribution in [0.15, 0.2) is 12.2 Å². The van der Waals surface area contributed by atoms with Gasteiger partial charge >= 0.3 is 5.97 Å². The van der Waals surface area contributed by atoms with Crippen LogP contribution in [-0.4, -0.2) is 47.4 Å². The molecule has 1 amide bonds. The average molecular weight is 933 g/mol. The van der Waals surface area contributed by atoms with Crippen molar-refractivity contribution in [3.63, 3.8) is 0 Å². The summed E-state index contributed by atoms with van der Waals surface area (Å²) in [6, 6.07) is -0.540. The number of aliphatic hydroxyl groups excluding tert-OH is 2. The van der Waals surface area contributed by atoms with E-state index in [9.17, 15) is 19.8 Å². The molecule has 6 nitrogen and oxygen atoms in total. The van der Waals surface area contributed by atoms with E-state index in [0.29, 0.717) is 25.9 Å². The van der Waals surface area contributed by atoms with Crippen molar-refractivity contribution < 1.29 is 24.5 Å². The highest BCUT2D eigenvalue weighted by molar-refractivity contribution is 5.76. The normalized spacial score (nSPS) is 12.6. The van der Waals surface area contributed by atoms with Crippen LogP contribution < -0.4 is 5.32 Å². The van der Waals surface area contributed by atoms with Gasteiger partial charge in [-0.2, -0.15) is 0 Å². The summed E-state index contributed by atoms with van der Waals surface area (Å²) in [5.74, 6) is -0.0293. The fraction of sp³-hybridized carbons (Fsp3) is 0.933. The van der Waals surface area contributed by atoms with E-state index in [1.54, 1.807) is 0 Å². The molecule has 66 heavy (non-hydrogen) atoms. The van der Waals surface area contributed by atoms with Gasteiger partial charge < -0.3 is 20.3 Å². The zero-order valence-corrected chi connectivity index (χ0v) is 44.7. The lowest BCUT2D eigenvalue weighted by molar-refractivity contribution is -0.143. The molecule has 0 saturated heterocycles. The molecule has 6 heteroatoms. The molecule has 0 spiro atoms. The first kappa shape index (κ1) is 64.6. The van der Waals surface area contributed by atoms with E-state index in [-0.39, 0.29) is 18.5 Å². The molecule has 2 atom stereocenters. The summed E-state index contributed by atoms with van der Waals surface area (Å²) in [6.45, 7) is 4.94. The second-order valence-electron chi connectivity index (χ2n) is 20.7. The lowest BCUT2D eigenvalue weighted by Crippen LogP contribution is -2.45. The quantitative estimate of drug-likeness (QED) is 0.0321. The van der Waals surface area contributed by atoms with Gasteiger partial charge in [0.05, 0.1) is 25.4 Å². The number of ether oxygens (including phenoxy) is 1. The molecule has 0 aromatic carbocycles. The van der Waals surface area contributed by atoms with Gasteiger partial charge in [-0.3, -0.25) is 9.59 Å². The Morgan fingerprint density at radius 1 is 0.409 bits per heavy atom. The van der Waals surface area contributed by atoms with Gasteiger partial charge in [-0.1, -0.05) is 283 Å². The van der Waals surface area contributed by atoms with Crippen LogP contribution >= 0.6 is 0 Å². The second kappa shape index (κ2) is 56.2. The SMILES string of the molecule is CCCCC/C=C\CCCCCCCC(=O)OCCCCCCCCCCCCCCCCCCCCCCCCC(=O)NC(CO)C(O)CCCCCCCCCCCCCCCCC. The largest absolute Gasteiger partial charge is 0.466 e. The van der Waals surface area contributed by atoms with Crippen molar-refractivity contribution in [1.82, 2.24) is 5.32 Å². The smallest absolute Gasteiger partial charge is 0.305 e. The van der Waals surface area contributed by atoms with Crippen LogP contribution in [-0.2, 0) is 14.3 Å². The summed E-state index contributed by atoms with van der Waals surface area (Å²) in [5, 5.41) is 23.3. The molecule has 0 aromatic heterocycles. The number of hydrogen-bond donors (Lipinski definition) is 3. The lowest BCUT2D eigenvalue weighted by atomic mass is 10.0. The zero-order valence-electron chi connectivity index (χ0n) is 44.7. The first-order valence-electron chi connectivity index (χ1n) is 29.9. The fourth-order valence-electron chi connectivity index (χ4n) is 9.46. The molecule has 0 bridgehead atoms. The van der Waals surface area contributed by atoms with Gasteiger partial charge in [0, 0.05) is 12.8 Å². The van der Waals surface area contributed by atoms with Crippen LogP contribution in [0.3, 0.4) is 0 Å². The third-order valence-electron chi connectivity index (χ3n) is 14.1. The van der Waals surface area contributed by atoms with E-state index < -0.39 is 12.1 Å². The lowest BCUT2D eigenvalue weighted by Gasteiger charge is -2.22. The molecule has 0 aliphatic heterocycles. The Labute approximate surface area is 412 Å². The van der Waals surface area contributed by atoms with Gasteiger partial charge in [0.1, 0.15) is 0 Å². The van der Waals surface area contributed by atoms with E-state index in [2.05, 4.69) is 31.3 Å². The number of esters is 1. The molecule has 0 aromatic rings. The van der Waals surface area contributed by atoms with E-state index in [1.165, 1.54) is 257 Å². The molecular formula is C60H117NO5. The average Bonchev–Trinajstić information content (AvgIpc) is 3.32. The van der Waals surface area contributed by atoms with Crippen LogP contribution in [0.25, 0.3) is 0 Å². The Balaban J connectivity index is 3.37. The van der Waals surface area contributed by atoms with Gasteiger partial charge in [0.25, 0.3) is 0 Å². The molecule has 0 heterocycles. The molecule has 2 unspecified atom stereocenters. The molecule has 0 rings (SSSR count). The monoisotopic (exact) mass is 932 g/mol. The predicted molar refractivity (Wildman–Crippen MR) is 287 cm³/mol. The van der Waals surface area contributed by atoms with Gasteiger partial charge in [-0.05, 0) is 51.4 Å². The number of unbranched alkanes of at least 4 members (excludes halogenated alkanes) is 43. The summed E-state index contributed by atoms with van der Waals surface area (Å²) < 4.78 is 5.46. The maximum atomic E-state index is 12.5. The van der Waals surface area contributed by atoms with Crippen LogP contribution in [0.5, 0.6) is 0 Å². The molecule has 0 aliphatic rings. The van der Waals surface area contributed by atoms with Crippen molar-refractivity contribution in [3.05, 3.63) is 12.2 Å². The van der Waals surface area contributed by atoms with Gasteiger partial charge in [-0.25, -0.2) is 0 Å². The molecule has 0 fully saturated rings. The second-order valence-corrected chi connectivity index (χ2v) is 20.7. The Hall–Kier alpha value is -1.40. The molecule has 3 N–H and O–H groups in total. The predicted octanol–water partition coefficient (Wildman–Crippen LogP) is 18.5. The highest BCUT2D eigenvalue weighted by Gasteiger charge is 2.20. The number of rotatable bonds is 56. The van der Waals surface area contributed by atoms with E-state index in [4.69, 9.17) is 4.74 Å². The van der Waals surface area contributed by atoms with Crippen molar-refractivity contribution in [3.8, 4) is 0 Å². The number of amides is 1. The summed E-state index contributed by atoms with van der Waals surface area (Å²) in [4.78, 5) is 24.5. The number of nitrogens with one attached hydrogen (secondary N) is 1. The molecular weight excluding hydrogens is 815 g/mol. The maximum Gasteiger partial charge on any atom is 0.305 e. The molecule has 0 radical (unpaired) electrons. The Kier molecular flexibility index (Phi) is 55.0. The van der Waals surface area contributed by atoms with Crippen molar-refractivity contribution in [2.75, 3.05) is 13.2 Å². The minimum Gasteiger partial charge on any atom is -0.466 e.